The Morgan fingerprint density at radius 2 is 0.846 bits per heavy atom. The van der Waals surface area contributed by atoms with E-state index in [2.05, 4.69) is 74.1 Å². The molecule has 1 aromatic heterocycles. The number of nitrogens with two attached hydrogens (primary N) is 4. The number of aromatic nitrogens is 1. The molecule has 37 heteroatoms. The van der Waals surface area contributed by atoms with E-state index in [-0.39, 0.29) is 51.7 Å². The molecule has 3 aromatic rings. The molecular formula is C67H104N18O19. The minimum absolute atomic E-state index is 0.0976. The molecule has 0 radical (unpaired) electrons. The van der Waals surface area contributed by atoms with E-state index in [9.17, 15) is 92.3 Å². The number of aliphatic hydroxyl groups is 2. The van der Waals surface area contributed by atoms with Gasteiger partial charge in [-0.2, -0.15) is 0 Å². The number of rotatable bonds is 44. The van der Waals surface area contributed by atoms with Gasteiger partial charge in [-0.1, -0.05) is 97.0 Å². The Morgan fingerprint density at radius 1 is 0.442 bits per heavy atom. The maximum absolute atomic E-state index is 14.5. The first-order chi connectivity index (χ1) is 48.9. The van der Waals surface area contributed by atoms with Gasteiger partial charge in [0.2, 0.25) is 76.8 Å². The minimum Gasteiger partial charge on any atom is -0.481 e. The zero-order valence-corrected chi connectivity index (χ0v) is 59.8. The number of carboxylic acids is 2. The average molecular weight is 1470 g/mol. The van der Waals surface area contributed by atoms with Crippen molar-refractivity contribution in [2.45, 2.75) is 186 Å². The van der Waals surface area contributed by atoms with Crippen LogP contribution in [0, 0.1) is 17.3 Å². The summed E-state index contributed by atoms with van der Waals surface area (Å²) < 4.78 is 0. The lowest BCUT2D eigenvalue weighted by molar-refractivity contribution is -0.142. The Morgan fingerprint density at radius 3 is 1.32 bits per heavy atom. The van der Waals surface area contributed by atoms with Crippen LogP contribution in [0.2, 0.25) is 0 Å². The fourth-order valence-electron chi connectivity index (χ4n) is 10.3. The number of carbonyl (C=O) groups is 15. The summed E-state index contributed by atoms with van der Waals surface area (Å²) in [6.07, 6.45) is -1.01. The largest absolute Gasteiger partial charge is 0.481 e. The number of aliphatic hydroxyl groups excluding tert-OH is 2. The van der Waals surface area contributed by atoms with Gasteiger partial charge in [-0.3, -0.25) is 71.9 Å². The maximum atomic E-state index is 14.5. The number of nitrogens with one attached hydrogen (secondary N) is 14. The lowest BCUT2D eigenvalue weighted by atomic mass is 9.85. The van der Waals surface area contributed by atoms with E-state index in [0.29, 0.717) is 22.0 Å². The molecule has 2 aromatic carbocycles. The first kappa shape index (κ1) is 88.0. The maximum Gasteiger partial charge on any atom is 0.325 e. The van der Waals surface area contributed by atoms with Crippen molar-refractivity contribution >= 4 is 99.6 Å². The Balaban J connectivity index is 1.87. The van der Waals surface area contributed by atoms with E-state index in [1.54, 1.807) is 103 Å². The monoisotopic (exact) mass is 1460 g/mol. The van der Waals surface area contributed by atoms with Crippen LogP contribution in [0.5, 0.6) is 0 Å². The van der Waals surface area contributed by atoms with Crippen LogP contribution in [0.1, 0.15) is 106 Å². The summed E-state index contributed by atoms with van der Waals surface area (Å²) in [5, 5.41) is 72.5. The van der Waals surface area contributed by atoms with Gasteiger partial charge in [0.25, 0.3) is 0 Å². The molecule has 104 heavy (non-hydrogen) atoms. The molecule has 13 atom stereocenters. The molecule has 0 saturated heterocycles. The highest BCUT2D eigenvalue weighted by molar-refractivity contribution is 6.00. The lowest BCUT2D eigenvalue weighted by Gasteiger charge is -2.33. The van der Waals surface area contributed by atoms with Crippen molar-refractivity contribution in [3.63, 3.8) is 0 Å². The van der Waals surface area contributed by atoms with Gasteiger partial charge in [0.05, 0.1) is 25.8 Å². The minimum atomic E-state index is -1.88. The summed E-state index contributed by atoms with van der Waals surface area (Å²) in [6, 6.07) is -4.21. The van der Waals surface area contributed by atoms with Crippen LogP contribution in [-0.2, 0) is 84.8 Å². The zero-order chi connectivity index (χ0) is 78.3. The third kappa shape index (κ3) is 28.6. The summed E-state index contributed by atoms with van der Waals surface area (Å²) in [7, 11) is 0. The number of amides is 13. The molecule has 576 valence electrons. The molecule has 0 fully saturated rings. The van der Waals surface area contributed by atoms with E-state index in [1.807, 2.05) is 0 Å². The molecule has 0 aliphatic carbocycles. The molecule has 0 spiro atoms. The summed E-state index contributed by atoms with van der Waals surface area (Å²) >= 11 is 0. The van der Waals surface area contributed by atoms with Gasteiger partial charge in [0.15, 0.2) is 0 Å². The predicted octanol–water partition coefficient (Wildman–Crippen LogP) is -6.41. The molecule has 0 bridgehead atoms. The van der Waals surface area contributed by atoms with Gasteiger partial charge >= 0.3 is 11.9 Å². The molecule has 0 saturated carbocycles. The summed E-state index contributed by atoms with van der Waals surface area (Å²) in [6.45, 7) is 10.2. The summed E-state index contributed by atoms with van der Waals surface area (Å²) in [5.74, 6) is -16.4. The molecular weight excluding hydrogens is 1360 g/mol. The van der Waals surface area contributed by atoms with Crippen molar-refractivity contribution in [3.8, 4) is 0 Å². The van der Waals surface area contributed by atoms with Crippen molar-refractivity contribution in [1.29, 1.82) is 0 Å². The molecule has 0 aliphatic heterocycles. The van der Waals surface area contributed by atoms with Crippen LogP contribution >= 0.6 is 0 Å². The van der Waals surface area contributed by atoms with Crippen molar-refractivity contribution in [3.05, 3.63) is 71.9 Å². The summed E-state index contributed by atoms with van der Waals surface area (Å²) in [4.78, 5) is 206. The third-order valence-electron chi connectivity index (χ3n) is 16.3. The van der Waals surface area contributed by atoms with Crippen LogP contribution in [0.25, 0.3) is 10.9 Å². The number of fused-ring (bicyclic) bond motifs is 1. The van der Waals surface area contributed by atoms with Gasteiger partial charge in [-0.25, -0.2) is 0 Å². The molecule has 3 rings (SSSR count). The Labute approximate surface area is 601 Å². The van der Waals surface area contributed by atoms with E-state index in [4.69, 9.17) is 22.9 Å². The number of para-hydroxylation sites is 1. The fourth-order valence-corrected chi connectivity index (χ4v) is 10.3. The van der Waals surface area contributed by atoms with Crippen LogP contribution in [0.3, 0.4) is 0 Å². The zero-order valence-electron chi connectivity index (χ0n) is 59.8. The molecule has 0 unspecified atom stereocenters. The van der Waals surface area contributed by atoms with E-state index in [1.165, 1.54) is 20.0 Å². The Kier molecular flexibility index (Phi) is 36.4. The molecule has 13 amide bonds. The SMILES string of the molecule is CC(C)[C@H](NC(=O)[C@H](CCC(=O)O)NC(=O)[C@H](Cc1ccccc1)NC(=O)[C@@H](CCN)NC(=O)[C@H](CCN)NC(=O)[C@H](CO)NC(=O)[C@@H](Cc1c[nH]c2ccccc12)NC(=O)[C@@H](CO)NC(=O)CNC(=O)[C@@H](CCN)NC(=O)[C@H](NC(=O)[C@H](C)N)C(C)C)C(=O)N[C@@H](C(=O)N[C@@H](C)C(=O)O)C(C)(C)C. The number of benzene rings is 2. The molecule has 26 N–H and O–H groups in total. The second kappa shape index (κ2) is 43.0. The highest BCUT2D eigenvalue weighted by Gasteiger charge is 2.40. The number of hydrogen-bond donors (Lipinski definition) is 22. The van der Waals surface area contributed by atoms with Crippen molar-refractivity contribution in [2.24, 2.45) is 40.2 Å². The standard InChI is InChI=1S/C67H104N18O19/c1-33(2)51(83-54(91)35(5)71)63(100)79-42(21-24-68)55(92)73-30-49(88)75-47(31-86)61(98)81-46(28-38-29-72-40-18-14-13-17-39(38)40)60(97)82-48(32-87)62(99)78-43(22-25-69)56(93)77-44(23-26-70)57(94)80-45(27-37-15-11-10-12-16-37)59(96)76-41(19-20-50(89)90)58(95)84-52(34(3)4)64(101)85-53(67(7,8)9)65(102)74-36(6)66(103)104/h10-18,29,33-36,41-48,51-53,72,86-87H,19-28,30-32,68-71H2,1-9H3,(H,73,92)(H,74,102)(H,75,88)(H,76,96)(H,77,93)(H,78,99)(H,79,100)(H,80,94)(H,81,98)(H,82,97)(H,83,91)(H,84,95)(H,85,101)(H,89,90)(H,103,104)/t35-,36-,41-,42+,43-,44+,45-,46+,47+,48-,51+,52-,53-/m0/s1. The molecule has 1 heterocycles. The van der Waals surface area contributed by atoms with Crippen molar-refractivity contribution in [1.82, 2.24) is 74.1 Å². The van der Waals surface area contributed by atoms with Crippen molar-refractivity contribution < 1.29 is 92.3 Å². The quantitative estimate of drug-likeness (QED) is 0.0250. The van der Waals surface area contributed by atoms with E-state index >= 15 is 0 Å². The second-order valence-corrected chi connectivity index (χ2v) is 26.7. The van der Waals surface area contributed by atoms with Gasteiger partial charge in [0, 0.05) is 36.4 Å². The first-order valence-corrected chi connectivity index (χ1v) is 33.9. The van der Waals surface area contributed by atoms with Gasteiger partial charge in [-0.15, -0.1) is 0 Å². The molecule has 0 aliphatic rings. The highest BCUT2D eigenvalue weighted by Crippen LogP contribution is 2.22. The second-order valence-electron chi connectivity index (χ2n) is 26.7. The van der Waals surface area contributed by atoms with Gasteiger partial charge in [0.1, 0.15) is 72.5 Å². The number of aliphatic carboxylic acids is 2. The first-order valence-electron chi connectivity index (χ1n) is 33.9. The number of hydrogen-bond acceptors (Lipinski definition) is 21. The highest BCUT2D eigenvalue weighted by atomic mass is 16.4. The Bertz CT molecular complexity index is 3460. The van der Waals surface area contributed by atoms with Crippen LogP contribution in [0.15, 0.2) is 60.8 Å². The van der Waals surface area contributed by atoms with Gasteiger partial charge < -0.3 is 117 Å². The fraction of sp³-hybridized carbons (Fsp3) is 0.567. The van der Waals surface area contributed by atoms with E-state index < -0.39 is 217 Å². The van der Waals surface area contributed by atoms with E-state index in [0.717, 1.165) is 0 Å². The number of aromatic amines is 1. The lowest BCUT2D eigenvalue weighted by Crippen LogP contribution is -2.62. The van der Waals surface area contributed by atoms with Gasteiger partial charge in [-0.05, 0) is 93.6 Å². The predicted molar refractivity (Wildman–Crippen MR) is 376 cm³/mol. The number of carbonyl (C=O) groups excluding carboxylic acids is 13. The number of H-pyrrole nitrogens is 1. The topological polar surface area (TPSA) is 613 Å². The average Bonchev–Trinajstić information content (AvgIpc) is 1.74. The van der Waals surface area contributed by atoms with Crippen LogP contribution in [0.4, 0.5) is 0 Å². The number of carboxylic acid groups (broad SMARTS) is 2. The third-order valence-corrected chi connectivity index (χ3v) is 16.3. The van der Waals surface area contributed by atoms with Crippen LogP contribution in [-0.4, -0.2) is 232 Å². The Hall–Kier alpha value is -10.2. The smallest absolute Gasteiger partial charge is 0.325 e. The normalized spacial score (nSPS) is 15.1. The summed E-state index contributed by atoms with van der Waals surface area (Å²) in [5.41, 5.74) is 23.7. The van der Waals surface area contributed by atoms with Crippen molar-refractivity contribution in [2.75, 3.05) is 39.4 Å². The molecule has 37 nitrogen and oxygen atoms in total. The van der Waals surface area contributed by atoms with Crippen LogP contribution < -0.4 is 92.1 Å².